The molecule has 2 aromatic rings. The normalized spacial score (nSPS) is 18.8. The highest BCUT2D eigenvalue weighted by molar-refractivity contribution is 5.87. The van der Waals surface area contributed by atoms with Gasteiger partial charge in [-0.2, -0.15) is 0 Å². The number of benzene rings is 1. The molecular weight excluding hydrogens is 239 g/mol. The van der Waals surface area contributed by atoms with Gasteiger partial charge in [-0.05, 0) is 62.4 Å². The van der Waals surface area contributed by atoms with Crippen molar-refractivity contribution in [3.63, 3.8) is 0 Å². The number of rotatable bonds is 3. The first-order valence-electron chi connectivity index (χ1n) is 7.22. The quantitative estimate of drug-likeness (QED) is 0.869. The molecule has 102 valence electrons. The second-order valence-electron chi connectivity index (χ2n) is 5.62. The van der Waals surface area contributed by atoms with Crippen LogP contribution in [-0.4, -0.2) is 17.6 Å². The van der Waals surface area contributed by atoms with Gasteiger partial charge in [-0.3, -0.25) is 0 Å². The van der Waals surface area contributed by atoms with Crippen molar-refractivity contribution >= 4 is 10.9 Å². The Morgan fingerprint density at radius 2 is 2.26 bits per heavy atom. The summed E-state index contributed by atoms with van der Waals surface area (Å²) in [6.07, 6.45) is 4.40. The molecule has 1 heterocycles. The number of H-pyrrole nitrogens is 1. The van der Waals surface area contributed by atoms with Crippen LogP contribution in [0.15, 0.2) is 12.1 Å². The van der Waals surface area contributed by atoms with Crippen molar-refractivity contribution in [3.05, 3.63) is 34.8 Å². The number of aromatic amines is 1. The second kappa shape index (κ2) is 4.97. The molecule has 0 spiro atoms. The third kappa shape index (κ3) is 2.27. The Bertz CT molecular complexity index is 600. The maximum absolute atomic E-state index is 13.6. The van der Waals surface area contributed by atoms with Gasteiger partial charge in [0.2, 0.25) is 0 Å². The fourth-order valence-corrected chi connectivity index (χ4v) is 3.17. The van der Waals surface area contributed by atoms with Crippen LogP contribution in [0.3, 0.4) is 0 Å². The average molecular weight is 260 g/mol. The first kappa shape index (κ1) is 12.7. The van der Waals surface area contributed by atoms with E-state index < -0.39 is 0 Å². The van der Waals surface area contributed by atoms with E-state index in [1.54, 1.807) is 12.1 Å². The molecule has 0 saturated heterocycles. The summed E-state index contributed by atoms with van der Waals surface area (Å²) in [7, 11) is 0. The zero-order chi connectivity index (χ0) is 13.4. The van der Waals surface area contributed by atoms with E-state index in [9.17, 15) is 4.39 Å². The summed E-state index contributed by atoms with van der Waals surface area (Å²) in [5.41, 5.74) is 4.74. The fourth-order valence-electron chi connectivity index (χ4n) is 3.17. The van der Waals surface area contributed by atoms with Crippen LogP contribution in [0.2, 0.25) is 0 Å². The average Bonchev–Trinajstić information content (AvgIpc) is 2.75. The highest BCUT2D eigenvalue weighted by Gasteiger charge is 2.22. The van der Waals surface area contributed by atoms with Gasteiger partial charge in [0.1, 0.15) is 5.82 Å². The number of aryl methyl sites for hydroxylation is 2. The van der Waals surface area contributed by atoms with Gasteiger partial charge in [-0.25, -0.2) is 4.39 Å². The van der Waals surface area contributed by atoms with Gasteiger partial charge in [0.15, 0.2) is 0 Å². The predicted octanol–water partition coefficient (Wildman–Crippen LogP) is 3.47. The summed E-state index contributed by atoms with van der Waals surface area (Å²) >= 11 is 0. The third-order valence-corrected chi connectivity index (χ3v) is 4.14. The van der Waals surface area contributed by atoms with E-state index in [1.165, 1.54) is 17.7 Å². The van der Waals surface area contributed by atoms with E-state index in [0.29, 0.717) is 6.04 Å². The Kier molecular flexibility index (Phi) is 3.31. The van der Waals surface area contributed by atoms with Crippen molar-refractivity contribution in [2.45, 2.75) is 45.6 Å². The van der Waals surface area contributed by atoms with Crippen molar-refractivity contribution in [1.29, 1.82) is 0 Å². The van der Waals surface area contributed by atoms with Crippen molar-refractivity contribution in [3.8, 4) is 0 Å². The minimum absolute atomic E-state index is 0.129. The molecule has 0 saturated carbocycles. The van der Waals surface area contributed by atoms with E-state index >= 15 is 0 Å². The van der Waals surface area contributed by atoms with Gasteiger partial charge in [0, 0.05) is 22.6 Å². The molecular formula is C16H21FN2. The lowest BCUT2D eigenvalue weighted by atomic mass is 9.91. The van der Waals surface area contributed by atoms with Crippen LogP contribution in [0.5, 0.6) is 0 Å². The molecule has 1 aromatic carbocycles. The first-order valence-corrected chi connectivity index (χ1v) is 7.22. The Hall–Kier alpha value is -1.35. The van der Waals surface area contributed by atoms with E-state index in [4.69, 9.17) is 0 Å². The Morgan fingerprint density at radius 3 is 3.05 bits per heavy atom. The third-order valence-electron chi connectivity index (χ3n) is 4.14. The van der Waals surface area contributed by atoms with Crippen molar-refractivity contribution in [2.24, 2.45) is 0 Å². The van der Waals surface area contributed by atoms with Crippen LogP contribution in [-0.2, 0) is 12.8 Å². The molecule has 0 aliphatic heterocycles. The van der Waals surface area contributed by atoms with Crippen LogP contribution in [0, 0.1) is 12.7 Å². The largest absolute Gasteiger partial charge is 0.358 e. The zero-order valence-corrected chi connectivity index (χ0v) is 11.6. The topological polar surface area (TPSA) is 27.8 Å². The zero-order valence-electron chi connectivity index (χ0n) is 11.6. The predicted molar refractivity (Wildman–Crippen MR) is 77.1 cm³/mol. The van der Waals surface area contributed by atoms with E-state index in [0.717, 1.165) is 42.3 Å². The first-order chi connectivity index (χ1) is 9.19. The molecule has 0 radical (unpaired) electrons. The van der Waals surface area contributed by atoms with Crippen LogP contribution in [0.4, 0.5) is 4.39 Å². The molecule has 1 aliphatic rings. The fraction of sp³-hybridized carbons (Fsp3) is 0.500. The molecule has 3 heteroatoms. The second-order valence-corrected chi connectivity index (χ2v) is 5.62. The Morgan fingerprint density at radius 1 is 1.42 bits per heavy atom. The molecule has 2 N–H and O–H groups in total. The summed E-state index contributed by atoms with van der Waals surface area (Å²) in [6.45, 7) is 5.22. The van der Waals surface area contributed by atoms with Crippen LogP contribution < -0.4 is 5.32 Å². The number of fused-ring (bicyclic) bond motifs is 3. The highest BCUT2D eigenvalue weighted by atomic mass is 19.1. The molecule has 1 aromatic heterocycles. The van der Waals surface area contributed by atoms with Gasteiger partial charge < -0.3 is 10.3 Å². The van der Waals surface area contributed by atoms with Crippen molar-refractivity contribution < 1.29 is 4.39 Å². The molecule has 0 amide bonds. The lowest BCUT2D eigenvalue weighted by Gasteiger charge is -2.23. The lowest BCUT2D eigenvalue weighted by molar-refractivity contribution is 0.458. The molecule has 1 aliphatic carbocycles. The Balaban J connectivity index is 1.98. The molecule has 0 fully saturated rings. The SMILES string of the molecule is CCCNC1CCc2[nH]c3c(C)cc(F)cc3c2C1. The summed E-state index contributed by atoms with van der Waals surface area (Å²) in [5.74, 6) is -0.129. The molecule has 1 unspecified atom stereocenters. The van der Waals surface area contributed by atoms with Crippen LogP contribution >= 0.6 is 0 Å². The van der Waals surface area contributed by atoms with Crippen LogP contribution in [0.25, 0.3) is 10.9 Å². The van der Waals surface area contributed by atoms with E-state index in [2.05, 4.69) is 17.2 Å². The minimum Gasteiger partial charge on any atom is -0.358 e. The Labute approximate surface area is 113 Å². The van der Waals surface area contributed by atoms with Gasteiger partial charge >= 0.3 is 0 Å². The molecule has 3 rings (SSSR count). The van der Waals surface area contributed by atoms with Crippen LogP contribution in [0.1, 0.15) is 36.6 Å². The minimum atomic E-state index is -0.129. The highest BCUT2D eigenvalue weighted by Crippen LogP contribution is 2.31. The lowest BCUT2D eigenvalue weighted by Crippen LogP contribution is -2.34. The standard InChI is InChI=1S/C16H21FN2/c1-3-6-18-12-4-5-15-13(9-12)14-8-11(17)7-10(2)16(14)19-15/h7-8,12,18-19H,3-6,9H2,1-2H3. The number of aromatic nitrogens is 1. The molecule has 0 bridgehead atoms. The van der Waals surface area contributed by atoms with Gasteiger partial charge in [0.25, 0.3) is 0 Å². The van der Waals surface area contributed by atoms with Gasteiger partial charge in [0.05, 0.1) is 0 Å². The summed E-state index contributed by atoms with van der Waals surface area (Å²) in [6, 6.07) is 3.83. The summed E-state index contributed by atoms with van der Waals surface area (Å²) in [5, 5.41) is 4.67. The van der Waals surface area contributed by atoms with Gasteiger partial charge in [-0.1, -0.05) is 6.92 Å². The number of hydrogen-bond donors (Lipinski definition) is 2. The maximum Gasteiger partial charge on any atom is 0.124 e. The number of hydrogen-bond acceptors (Lipinski definition) is 1. The molecule has 1 atom stereocenters. The molecule has 2 nitrogen and oxygen atoms in total. The van der Waals surface area contributed by atoms with E-state index in [-0.39, 0.29) is 5.82 Å². The smallest absolute Gasteiger partial charge is 0.124 e. The van der Waals surface area contributed by atoms with Gasteiger partial charge in [-0.15, -0.1) is 0 Å². The van der Waals surface area contributed by atoms with E-state index in [1.807, 2.05) is 6.92 Å². The number of halogens is 1. The number of nitrogens with one attached hydrogen (secondary N) is 2. The van der Waals surface area contributed by atoms with Crippen molar-refractivity contribution in [2.75, 3.05) is 6.54 Å². The molecule has 19 heavy (non-hydrogen) atoms. The summed E-state index contributed by atoms with van der Waals surface area (Å²) < 4.78 is 13.6. The monoisotopic (exact) mass is 260 g/mol. The van der Waals surface area contributed by atoms with Crippen molar-refractivity contribution in [1.82, 2.24) is 10.3 Å². The summed E-state index contributed by atoms with van der Waals surface area (Å²) in [4.78, 5) is 3.49. The maximum atomic E-state index is 13.6.